The predicted octanol–water partition coefficient (Wildman–Crippen LogP) is 5.88. The molecule has 27 heavy (non-hydrogen) atoms. The number of carbonyl (C=O) groups excluding carboxylic acids is 1. The molecule has 0 aliphatic heterocycles. The van der Waals surface area contributed by atoms with E-state index in [1.165, 1.54) is 11.3 Å². The lowest BCUT2D eigenvalue weighted by molar-refractivity contribution is 0.0974. The SMILES string of the molecule is O=C(NC(=Cc1ccccc1Cl)c1nc2ccccc2s1)c1ccccc1. The van der Waals surface area contributed by atoms with Crippen LogP contribution in [0.25, 0.3) is 22.0 Å². The van der Waals surface area contributed by atoms with Crippen molar-refractivity contribution in [2.24, 2.45) is 0 Å². The molecule has 3 aromatic carbocycles. The Hall–Kier alpha value is -2.95. The number of hydrogen-bond acceptors (Lipinski definition) is 3. The third kappa shape index (κ3) is 3.92. The van der Waals surface area contributed by atoms with Gasteiger partial charge < -0.3 is 5.32 Å². The van der Waals surface area contributed by atoms with Gasteiger partial charge in [-0.15, -0.1) is 11.3 Å². The lowest BCUT2D eigenvalue weighted by Crippen LogP contribution is -2.21. The molecule has 5 heteroatoms. The highest BCUT2D eigenvalue weighted by Crippen LogP contribution is 2.28. The first-order valence-corrected chi connectivity index (χ1v) is 9.59. The number of thiazole rings is 1. The van der Waals surface area contributed by atoms with E-state index in [-0.39, 0.29) is 5.91 Å². The van der Waals surface area contributed by atoms with E-state index in [2.05, 4.69) is 10.3 Å². The van der Waals surface area contributed by atoms with Gasteiger partial charge in [-0.3, -0.25) is 4.79 Å². The topological polar surface area (TPSA) is 42.0 Å². The van der Waals surface area contributed by atoms with Gasteiger partial charge in [-0.2, -0.15) is 0 Å². The van der Waals surface area contributed by atoms with Gasteiger partial charge in [0.05, 0.1) is 15.9 Å². The molecule has 0 unspecified atom stereocenters. The van der Waals surface area contributed by atoms with Crippen LogP contribution in [0.2, 0.25) is 5.02 Å². The van der Waals surface area contributed by atoms with Crippen LogP contribution in [0.3, 0.4) is 0 Å². The zero-order valence-corrected chi connectivity index (χ0v) is 15.8. The molecule has 1 amide bonds. The molecule has 0 saturated heterocycles. The number of hydrogen-bond donors (Lipinski definition) is 1. The Labute approximate surface area is 166 Å². The summed E-state index contributed by atoms with van der Waals surface area (Å²) in [6.07, 6.45) is 1.86. The predicted molar refractivity (Wildman–Crippen MR) is 113 cm³/mol. The maximum atomic E-state index is 12.7. The van der Waals surface area contributed by atoms with Gasteiger partial charge in [0.2, 0.25) is 0 Å². The fraction of sp³-hybridized carbons (Fsp3) is 0. The summed E-state index contributed by atoms with van der Waals surface area (Å²) in [4.78, 5) is 17.4. The Morgan fingerprint density at radius 3 is 2.41 bits per heavy atom. The Balaban J connectivity index is 1.77. The zero-order chi connectivity index (χ0) is 18.6. The summed E-state index contributed by atoms with van der Waals surface area (Å²) in [5.74, 6) is -0.187. The van der Waals surface area contributed by atoms with E-state index in [0.717, 1.165) is 20.8 Å². The van der Waals surface area contributed by atoms with E-state index >= 15 is 0 Å². The molecular weight excluding hydrogens is 376 g/mol. The van der Waals surface area contributed by atoms with Crippen molar-refractivity contribution in [3.63, 3.8) is 0 Å². The summed E-state index contributed by atoms with van der Waals surface area (Å²) in [5, 5.41) is 4.35. The van der Waals surface area contributed by atoms with Crippen LogP contribution in [0.4, 0.5) is 0 Å². The fourth-order valence-corrected chi connectivity index (χ4v) is 3.80. The second-order valence-electron chi connectivity index (χ2n) is 5.89. The van der Waals surface area contributed by atoms with E-state index < -0.39 is 0 Å². The van der Waals surface area contributed by atoms with Crippen molar-refractivity contribution in [2.75, 3.05) is 0 Å². The smallest absolute Gasteiger partial charge is 0.255 e. The number of para-hydroxylation sites is 1. The maximum Gasteiger partial charge on any atom is 0.255 e. The second-order valence-corrected chi connectivity index (χ2v) is 7.32. The highest BCUT2D eigenvalue weighted by molar-refractivity contribution is 7.19. The normalized spacial score (nSPS) is 11.5. The van der Waals surface area contributed by atoms with Gasteiger partial charge in [0.25, 0.3) is 5.91 Å². The van der Waals surface area contributed by atoms with Crippen LogP contribution in [-0.2, 0) is 0 Å². The summed E-state index contributed by atoms with van der Waals surface area (Å²) in [6.45, 7) is 0. The van der Waals surface area contributed by atoms with Crippen molar-refractivity contribution >= 4 is 50.8 Å². The van der Waals surface area contributed by atoms with Crippen LogP contribution in [0, 0.1) is 0 Å². The average molecular weight is 391 g/mol. The molecule has 132 valence electrons. The van der Waals surface area contributed by atoms with Crippen LogP contribution in [0.1, 0.15) is 20.9 Å². The summed E-state index contributed by atoms with van der Waals surface area (Å²) >= 11 is 7.84. The molecule has 0 saturated carbocycles. The van der Waals surface area contributed by atoms with E-state index in [1.54, 1.807) is 12.1 Å². The first-order valence-electron chi connectivity index (χ1n) is 8.39. The highest BCUT2D eigenvalue weighted by Gasteiger charge is 2.14. The molecule has 0 fully saturated rings. The van der Waals surface area contributed by atoms with Crippen LogP contribution >= 0.6 is 22.9 Å². The molecule has 0 spiro atoms. The second kappa shape index (κ2) is 7.74. The molecule has 4 rings (SSSR count). The Bertz CT molecular complexity index is 1100. The number of fused-ring (bicyclic) bond motifs is 1. The maximum absolute atomic E-state index is 12.7. The van der Waals surface area contributed by atoms with Crippen LogP contribution < -0.4 is 5.32 Å². The van der Waals surface area contributed by atoms with Gasteiger partial charge in [-0.1, -0.05) is 60.1 Å². The minimum absolute atomic E-state index is 0.187. The summed E-state index contributed by atoms with van der Waals surface area (Å²) in [5.41, 5.74) is 2.93. The Morgan fingerprint density at radius 1 is 0.926 bits per heavy atom. The third-order valence-electron chi connectivity index (χ3n) is 4.01. The Morgan fingerprint density at radius 2 is 1.63 bits per heavy atom. The van der Waals surface area contributed by atoms with Crippen molar-refractivity contribution in [3.8, 4) is 0 Å². The number of benzene rings is 3. The van der Waals surface area contributed by atoms with Gasteiger partial charge in [0.15, 0.2) is 0 Å². The van der Waals surface area contributed by atoms with Gasteiger partial charge in [-0.25, -0.2) is 4.98 Å². The van der Waals surface area contributed by atoms with E-state index in [0.29, 0.717) is 16.3 Å². The average Bonchev–Trinajstić information content (AvgIpc) is 3.14. The summed E-state index contributed by atoms with van der Waals surface area (Å²) in [6, 6.07) is 24.5. The first kappa shape index (κ1) is 17.5. The van der Waals surface area contributed by atoms with Crippen LogP contribution in [0.5, 0.6) is 0 Å². The van der Waals surface area contributed by atoms with Gasteiger partial charge in [-0.05, 0) is 42.0 Å². The minimum atomic E-state index is -0.187. The monoisotopic (exact) mass is 390 g/mol. The molecule has 1 aromatic heterocycles. The number of nitrogens with one attached hydrogen (secondary N) is 1. The van der Waals surface area contributed by atoms with Crippen molar-refractivity contribution in [2.45, 2.75) is 0 Å². The molecule has 0 atom stereocenters. The minimum Gasteiger partial charge on any atom is -0.319 e. The van der Waals surface area contributed by atoms with Crippen molar-refractivity contribution in [3.05, 3.63) is 100 Å². The first-order chi connectivity index (χ1) is 13.2. The number of nitrogens with zero attached hydrogens (tertiary/aromatic N) is 1. The van der Waals surface area contributed by atoms with Crippen LogP contribution in [-0.4, -0.2) is 10.9 Å². The molecular formula is C22H15ClN2OS. The van der Waals surface area contributed by atoms with E-state index in [4.69, 9.17) is 11.6 Å². The largest absolute Gasteiger partial charge is 0.319 e. The molecule has 1 heterocycles. The highest BCUT2D eigenvalue weighted by atomic mass is 35.5. The third-order valence-corrected chi connectivity index (χ3v) is 5.43. The molecule has 1 N–H and O–H groups in total. The molecule has 0 aliphatic carbocycles. The standard InChI is InChI=1S/C22H15ClN2OS/c23-17-11-5-4-10-16(17)14-19(24-21(26)15-8-2-1-3-9-15)22-25-18-12-6-7-13-20(18)27-22/h1-14H,(H,24,26). The fourth-order valence-electron chi connectivity index (χ4n) is 2.67. The van der Waals surface area contributed by atoms with Crippen molar-refractivity contribution in [1.29, 1.82) is 0 Å². The van der Waals surface area contributed by atoms with Gasteiger partial charge >= 0.3 is 0 Å². The quantitative estimate of drug-likeness (QED) is 0.473. The number of halogens is 1. The number of rotatable bonds is 4. The number of carbonyl (C=O) groups is 1. The van der Waals surface area contributed by atoms with Crippen molar-refractivity contribution in [1.82, 2.24) is 10.3 Å². The molecule has 0 bridgehead atoms. The lowest BCUT2D eigenvalue weighted by Gasteiger charge is -2.08. The van der Waals surface area contributed by atoms with E-state index in [9.17, 15) is 4.79 Å². The molecule has 0 radical (unpaired) electrons. The van der Waals surface area contributed by atoms with Crippen LogP contribution in [0.15, 0.2) is 78.9 Å². The summed E-state index contributed by atoms with van der Waals surface area (Å²) < 4.78 is 1.06. The number of amides is 1. The van der Waals surface area contributed by atoms with Gasteiger partial charge in [0, 0.05) is 10.6 Å². The van der Waals surface area contributed by atoms with Gasteiger partial charge in [0.1, 0.15) is 5.01 Å². The molecule has 4 aromatic rings. The van der Waals surface area contributed by atoms with E-state index in [1.807, 2.05) is 72.8 Å². The number of aromatic nitrogens is 1. The zero-order valence-electron chi connectivity index (χ0n) is 14.2. The van der Waals surface area contributed by atoms with Crippen molar-refractivity contribution < 1.29 is 4.79 Å². The Kier molecular flexibility index (Phi) is 5.01. The lowest BCUT2D eigenvalue weighted by atomic mass is 10.1. The summed E-state index contributed by atoms with van der Waals surface area (Å²) in [7, 11) is 0. The molecule has 0 aliphatic rings. The molecule has 3 nitrogen and oxygen atoms in total.